The minimum Gasteiger partial charge on any atom is -0.484 e. The number of amides is 2. The summed E-state index contributed by atoms with van der Waals surface area (Å²) in [6, 6.07) is 12.8. The molecule has 2 aromatic carbocycles. The van der Waals surface area contributed by atoms with Crippen LogP contribution in [-0.2, 0) is 21.1 Å². The topological polar surface area (TPSA) is 102 Å². The SMILES string of the molecule is CCc1ccc(OCC(=O)NNC(=O)c2ccc(S(C)(=O)=O)cc2)cc1. The molecule has 0 unspecified atom stereocenters. The molecule has 8 heteroatoms. The largest absolute Gasteiger partial charge is 0.484 e. The summed E-state index contributed by atoms with van der Waals surface area (Å²) in [5.74, 6) is -0.531. The molecule has 0 heterocycles. The zero-order chi connectivity index (χ0) is 19.2. The number of aryl methyl sites for hydroxylation is 1. The van der Waals surface area contributed by atoms with Crippen LogP contribution in [0, 0.1) is 0 Å². The van der Waals surface area contributed by atoms with Crippen molar-refractivity contribution in [3.63, 3.8) is 0 Å². The van der Waals surface area contributed by atoms with Crippen LogP contribution in [-0.4, -0.2) is 33.1 Å². The number of carbonyl (C=O) groups is 2. The maximum atomic E-state index is 11.9. The highest BCUT2D eigenvalue weighted by Gasteiger charge is 2.11. The van der Waals surface area contributed by atoms with E-state index in [0.29, 0.717) is 5.75 Å². The van der Waals surface area contributed by atoms with Crippen molar-refractivity contribution in [1.29, 1.82) is 0 Å². The number of hydrazine groups is 1. The van der Waals surface area contributed by atoms with E-state index in [1.54, 1.807) is 12.1 Å². The van der Waals surface area contributed by atoms with Crippen LogP contribution in [0.5, 0.6) is 5.75 Å². The highest BCUT2D eigenvalue weighted by atomic mass is 32.2. The van der Waals surface area contributed by atoms with E-state index in [4.69, 9.17) is 4.74 Å². The molecule has 0 aliphatic carbocycles. The van der Waals surface area contributed by atoms with Crippen molar-refractivity contribution in [3.8, 4) is 5.75 Å². The van der Waals surface area contributed by atoms with Crippen molar-refractivity contribution in [1.82, 2.24) is 10.9 Å². The van der Waals surface area contributed by atoms with Crippen LogP contribution in [0.3, 0.4) is 0 Å². The van der Waals surface area contributed by atoms with Crippen molar-refractivity contribution in [2.45, 2.75) is 18.2 Å². The van der Waals surface area contributed by atoms with Gasteiger partial charge in [0.15, 0.2) is 16.4 Å². The molecule has 0 bridgehead atoms. The molecule has 2 N–H and O–H groups in total. The number of ether oxygens (including phenoxy) is 1. The Morgan fingerprint density at radius 3 is 2.12 bits per heavy atom. The van der Waals surface area contributed by atoms with E-state index in [9.17, 15) is 18.0 Å². The summed E-state index contributed by atoms with van der Waals surface area (Å²) in [5.41, 5.74) is 5.86. The Kier molecular flexibility index (Phi) is 6.35. The molecule has 2 aromatic rings. The molecule has 0 saturated carbocycles. The summed E-state index contributed by atoms with van der Waals surface area (Å²) in [6.07, 6.45) is 2.00. The van der Waals surface area contributed by atoms with Crippen LogP contribution in [0.2, 0.25) is 0 Å². The second-order valence-corrected chi connectivity index (χ2v) is 7.60. The van der Waals surface area contributed by atoms with Gasteiger partial charge in [-0.05, 0) is 48.4 Å². The average Bonchev–Trinajstić information content (AvgIpc) is 2.64. The van der Waals surface area contributed by atoms with Gasteiger partial charge in [0.05, 0.1) is 4.90 Å². The third-order valence-corrected chi connectivity index (χ3v) is 4.69. The quantitative estimate of drug-likeness (QED) is 0.744. The molecule has 0 radical (unpaired) electrons. The van der Waals surface area contributed by atoms with Crippen LogP contribution in [0.1, 0.15) is 22.8 Å². The average molecular weight is 376 g/mol. The molecule has 2 amide bonds. The normalized spacial score (nSPS) is 10.8. The van der Waals surface area contributed by atoms with Gasteiger partial charge in [0, 0.05) is 11.8 Å². The van der Waals surface area contributed by atoms with Gasteiger partial charge < -0.3 is 4.74 Å². The smallest absolute Gasteiger partial charge is 0.276 e. The number of rotatable bonds is 6. The molecule has 2 rings (SSSR count). The summed E-state index contributed by atoms with van der Waals surface area (Å²) >= 11 is 0. The molecule has 0 atom stereocenters. The van der Waals surface area contributed by atoms with Gasteiger partial charge in [-0.25, -0.2) is 8.42 Å². The first-order chi connectivity index (χ1) is 12.3. The number of nitrogens with one attached hydrogen (secondary N) is 2. The summed E-state index contributed by atoms with van der Waals surface area (Å²) in [6.45, 7) is 1.79. The van der Waals surface area contributed by atoms with E-state index < -0.39 is 21.7 Å². The minimum absolute atomic E-state index is 0.112. The van der Waals surface area contributed by atoms with Crippen molar-refractivity contribution in [3.05, 3.63) is 59.7 Å². The maximum absolute atomic E-state index is 11.9. The van der Waals surface area contributed by atoms with Gasteiger partial charge in [-0.2, -0.15) is 0 Å². The highest BCUT2D eigenvalue weighted by molar-refractivity contribution is 7.90. The van der Waals surface area contributed by atoms with Crippen LogP contribution < -0.4 is 15.6 Å². The van der Waals surface area contributed by atoms with E-state index in [-0.39, 0.29) is 17.1 Å². The fourth-order valence-electron chi connectivity index (χ4n) is 2.06. The zero-order valence-electron chi connectivity index (χ0n) is 14.5. The summed E-state index contributed by atoms with van der Waals surface area (Å²) < 4.78 is 28.1. The Hall–Kier alpha value is -2.87. The molecule has 26 heavy (non-hydrogen) atoms. The maximum Gasteiger partial charge on any atom is 0.276 e. The minimum atomic E-state index is -3.33. The van der Waals surface area contributed by atoms with Crippen LogP contribution in [0.4, 0.5) is 0 Å². The van der Waals surface area contributed by atoms with Gasteiger partial charge in [-0.3, -0.25) is 20.4 Å². The predicted octanol–water partition coefficient (Wildman–Crippen LogP) is 1.49. The van der Waals surface area contributed by atoms with Gasteiger partial charge in [-0.1, -0.05) is 19.1 Å². The van der Waals surface area contributed by atoms with E-state index in [2.05, 4.69) is 10.9 Å². The van der Waals surface area contributed by atoms with E-state index in [1.165, 1.54) is 24.3 Å². The predicted molar refractivity (Wildman–Crippen MR) is 96.5 cm³/mol. The lowest BCUT2D eigenvalue weighted by molar-refractivity contribution is -0.123. The number of benzene rings is 2. The Labute approximate surface area is 152 Å². The molecule has 0 saturated heterocycles. The lowest BCUT2D eigenvalue weighted by Gasteiger charge is -2.09. The third kappa shape index (κ3) is 5.59. The summed E-state index contributed by atoms with van der Waals surface area (Å²) in [4.78, 5) is 23.8. The van der Waals surface area contributed by atoms with Gasteiger partial charge in [0.25, 0.3) is 11.8 Å². The summed E-state index contributed by atoms with van der Waals surface area (Å²) in [7, 11) is -3.33. The molecule has 7 nitrogen and oxygen atoms in total. The van der Waals surface area contributed by atoms with Crippen molar-refractivity contribution in [2.24, 2.45) is 0 Å². The second-order valence-electron chi connectivity index (χ2n) is 5.59. The first-order valence-corrected chi connectivity index (χ1v) is 9.80. The first-order valence-electron chi connectivity index (χ1n) is 7.90. The van der Waals surface area contributed by atoms with Gasteiger partial charge in [-0.15, -0.1) is 0 Å². The third-order valence-electron chi connectivity index (χ3n) is 3.56. The molecule has 0 fully saturated rings. The van der Waals surface area contributed by atoms with Gasteiger partial charge in [0.2, 0.25) is 0 Å². The Balaban J connectivity index is 1.81. The van der Waals surface area contributed by atoms with Crippen LogP contribution >= 0.6 is 0 Å². The number of carbonyl (C=O) groups excluding carboxylic acids is 2. The van der Waals surface area contributed by atoms with Gasteiger partial charge >= 0.3 is 0 Å². The Morgan fingerprint density at radius 2 is 1.58 bits per heavy atom. The monoisotopic (exact) mass is 376 g/mol. The molecular weight excluding hydrogens is 356 g/mol. The van der Waals surface area contributed by atoms with Crippen LogP contribution in [0.25, 0.3) is 0 Å². The van der Waals surface area contributed by atoms with Crippen molar-refractivity contribution in [2.75, 3.05) is 12.9 Å². The lowest BCUT2D eigenvalue weighted by atomic mass is 10.2. The molecular formula is C18H20N2O5S. The second kappa shape index (κ2) is 8.48. The first kappa shape index (κ1) is 19.5. The Bertz CT molecular complexity index is 875. The van der Waals surface area contributed by atoms with E-state index in [0.717, 1.165) is 18.2 Å². The molecule has 138 valence electrons. The fraction of sp³-hybridized carbons (Fsp3) is 0.222. The van der Waals surface area contributed by atoms with Crippen molar-refractivity contribution < 1.29 is 22.7 Å². The molecule has 0 aromatic heterocycles. The Morgan fingerprint density at radius 1 is 0.962 bits per heavy atom. The number of sulfone groups is 1. The van der Waals surface area contributed by atoms with E-state index >= 15 is 0 Å². The number of hydrogen-bond acceptors (Lipinski definition) is 5. The summed E-state index contributed by atoms with van der Waals surface area (Å²) in [5, 5.41) is 0. The van der Waals surface area contributed by atoms with Crippen molar-refractivity contribution >= 4 is 21.7 Å². The lowest BCUT2D eigenvalue weighted by Crippen LogP contribution is -2.43. The molecule has 0 aliphatic heterocycles. The molecule has 0 aliphatic rings. The van der Waals surface area contributed by atoms with Crippen LogP contribution in [0.15, 0.2) is 53.4 Å². The highest BCUT2D eigenvalue weighted by Crippen LogP contribution is 2.12. The fourth-order valence-corrected chi connectivity index (χ4v) is 2.69. The number of hydrogen-bond donors (Lipinski definition) is 2. The zero-order valence-corrected chi connectivity index (χ0v) is 15.3. The van der Waals surface area contributed by atoms with E-state index in [1.807, 2.05) is 19.1 Å². The standard InChI is InChI=1S/C18H20N2O5S/c1-3-13-4-8-15(9-5-13)25-12-17(21)19-20-18(22)14-6-10-16(11-7-14)26(2,23)24/h4-11H,3,12H2,1-2H3,(H,19,21)(H,20,22). The van der Waals surface area contributed by atoms with Gasteiger partial charge in [0.1, 0.15) is 5.75 Å². The molecule has 0 spiro atoms.